The first-order valence-corrected chi connectivity index (χ1v) is 15.1. The van der Waals surface area contributed by atoms with Crippen molar-refractivity contribution in [2.24, 2.45) is 0 Å². The van der Waals surface area contributed by atoms with E-state index in [0.717, 1.165) is 21.7 Å². The van der Waals surface area contributed by atoms with E-state index in [4.69, 9.17) is 0 Å². The van der Waals surface area contributed by atoms with Crippen molar-refractivity contribution in [1.82, 2.24) is 20.5 Å². The predicted molar refractivity (Wildman–Crippen MR) is 144 cm³/mol. The normalized spacial score (nSPS) is 19.1. The molecule has 3 N–H and O–H groups in total. The van der Waals surface area contributed by atoms with Crippen LogP contribution in [0.15, 0.2) is 29.8 Å². The fourth-order valence-electron chi connectivity index (χ4n) is 3.91. The largest absolute Gasteiger partial charge is 0.391 e. The zero-order valence-corrected chi connectivity index (χ0v) is 23.3. The number of carbonyl (C=O) groups excluding carboxylic acids is 3. The number of amides is 3. The molecule has 2 heterocycles. The number of aryl methyl sites for hydroxylation is 1. The molecule has 0 saturated carbocycles. The van der Waals surface area contributed by atoms with E-state index >= 15 is 0 Å². The van der Waals surface area contributed by atoms with Crippen molar-refractivity contribution in [2.75, 3.05) is 6.54 Å². The standard InChI is InChI=1S/C23H29IN4O4S2/c1-13-19(33-12-26-13)16-7-5-15(6-8-16)10-25-21(31)18-9-17(30)11-28(18)22(32)20(27-14(2)29)23(3,4)34-24/h5-8,12,17-18,20,30H,9-11H2,1-4H3,(H,25,31)(H,27,29)/t17-,18-,20+/m0/s1. The lowest BCUT2D eigenvalue weighted by Crippen LogP contribution is -2.59. The number of hydrogen-bond donors (Lipinski definition) is 3. The van der Waals surface area contributed by atoms with Crippen LogP contribution in [-0.4, -0.2) is 62.2 Å². The summed E-state index contributed by atoms with van der Waals surface area (Å²) in [6.07, 6.45) is -0.638. The fraction of sp³-hybridized carbons (Fsp3) is 0.478. The van der Waals surface area contributed by atoms with Crippen LogP contribution in [-0.2, 0) is 20.9 Å². The highest BCUT2D eigenvalue weighted by Crippen LogP contribution is 2.35. The van der Waals surface area contributed by atoms with Crippen LogP contribution < -0.4 is 10.6 Å². The van der Waals surface area contributed by atoms with Crippen LogP contribution in [0.1, 0.15) is 38.4 Å². The molecule has 0 radical (unpaired) electrons. The van der Waals surface area contributed by atoms with Crippen molar-refractivity contribution in [3.63, 3.8) is 0 Å². The van der Waals surface area contributed by atoms with Crippen LogP contribution in [0.2, 0.25) is 0 Å². The summed E-state index contributed by atoms with van der Waals surface area (Å²) in [6.45, 7) is 7.42. The van der Waals surface area contributed by atoms with Gasteiger partial charge in [0, 0.05) is 31.2 Å². The predicted octanol–water partition coefficient (Wildman–Crippen LogP) is 3.06. The molecule has 0 bridgehead atoms. The fourth-order valence-corrected chi connectivity index (χ4v) is 5.74. The molecule has 0 unspecified atom stereocenters. The number of thiazole rings is 1. The van der Waals surface area contributed by atoms with Gasteiger partial charge in [-0.2, -0.15) is 0 Å². The Balaban J connectivity index is 1.68. The van der Waals surface area contributed by atoms with E-state index in [0.29, 0.717) is 6.54 Å². The molecule has 3 amide bonds. The SMILES string of the molecule is CC(=O)N[C@H](C(=O)N1C[C@@H](O)C[C@H]1C(=O)NCc1ccc(-c2scnc2C)cc1)C(C)(C)SI. The number of aromatic nitrogens is 1. The summed E-state index contributed by atoms with van der Waals surface area (Å²) < 4.78 is -0.601. The maximum Gasteiger partial charge on any atom is 0.247 e. The first kappa shape index (κ1) is 26.9. The average Bonchev–Trinajstić information content (AvgIpc) is 3.41. The maximum absolute atomic E-state index is 13.4. The summed E-state index contributed by atoms with van der Waals surface area (Å²) in [7, 11) is 1.42. The molecule has 3 atom stereocenters. The number of nitrogens with zero attached hydrogens (tertiary/aromatic N) is 2. The number of carbonyl (C=O) groups is 3. The van der Waals surface area contributed by atoms with Crippen LogP contribution in [0.5, 0.6) is 0 Å². The summed E-state index contributed by atoms with van der Waals surface area (Å²) in [5.74, 6) is -1.02. The summed E-state index contributed by atoms with van der Waals surface area (Å²) >= 11 is 3.69. The summed E-state index contributed by atoms with van der Waals surface area (Å²) in [5.41, 5.74) is 4.80. The van der Waals surface area contributed by atoms with Gasteiger partial charge in [-0.05, 0) is 53.1 Å². The van der Waals surface area contributed by atoms with Gasteiger partial charge in [-0.15, -0.1) is 11.3 Å². The minimum absolute atomic E-state index is 0.0535. The molecule has 2 aromatic rings. The van der Waals surface area contributed by atoms with Crippen molar-refractivity contribution in [1.29, 1.82) is 0 Å². The lowest BCUT2D eigenvalue weighted by atomic mass is 10.0. The molecule has 1 aliphatic rings. The van der Waals surface area contributed by atoms with E-state index in [1.807, 2.05) is 50.5 Å². The molecule has 3 rings (SSSR count). The van der Waals surface area contributed by atoms with Gasteiger partial charge >= 0.3 is 0 Å². The zero-order valence-electron chi connectivity index (χ0n) is 19.5. The van der Waals surface area contributed by atoms with Gasteiger partial charge < -0.3 is 20.6 Å². The number of likely N-dealkylation sites (tertiary alicyclic amines) is 1. The number of aliphatic hydroxyl groups excluding tert-OH is 1. The van der Waals surface area contributed by atoms with Crippen molar-refractivity contribution in [2.45, 2.75) is 63.6 Å². The first-order chi connectivity index (χ1) is 16.0. The molecule has 0 aliphatic carbocycles. The molecule has 1 saturated heterocycles. The average molecular weight is 617 g/mol. The van der Waals surface area contributed by atoms with Gasteiger partial charge in [0.2, 0.25) is 17.7 Å². The quantitative estimate of drug-likeness (QED) is 0.394. The Morgan fingerprint density at radius 2 is 2.00 bits per heavy atom. The van der Waals surface area contributed by atoms with Crippen LogP contribution >= 0.6 is 41.5 Å². The number of nitrogens with one attached hydrogen (secondary N) is 2. The highest BCUT2D eigenvalue weighted by Gasteiger charge is 2.45. The number of β-amino-alcohol motifs (C(OH)–C–C–N with tert-alkyl or cyclic N) is 1. The second-order valence-electron chi connectivity index (χ2n) is 8.89. The van der Waals surface area contributed by atoms with E-state index < -0.39 is 22.9 Å². The van der Waals surface area contributed by atoms with E-state index in [1.165, 1.54) is 20.8 Å². The van der Waals surface area contributed by atoms with Crippen molar-refractivity contribution >= 4 is 59.2 Å². The number of hydrogen-bond acceptors (Lipinski definition) is 7. The third-order valence-corrected chi connectivity index (χ3v) is 10.8. The molecule has 1 aromatic heterocycles. The first-order valence-electron chi connectivity index (χ1n) is 10.9. The third-order valence-electron chi connectivity index (χ3n) is 5.78. The van der Waals surface area contributed by atoms with Gasteiger partial charge in [-0.3, -0.25) is 14.4 Å². The lowest BCUT2D eigenvalue weighted by molar-refractivity contribution is -0.142. The minimum Gasteiger partial charge on any atom is -0.391 e. The van der Waals surface area contributed by atoms with Crippen LogP contribution in [0.3, 0.4) is 0 Å². The third kappa shape index (κ3) is 6.29. The zero-order chi connectivity index (χ0) is 25.0. The molecule has 1 aliphatic heterocycles. The van der Waals surface area contributed by atoms with Crippen molar-refractivity contribution < 1.29 is 19.5 Å². The molecular formula is C23H29IN4O4S2. The topological polar surface area (TPSA) is 112 Å². The highest BCUT2D eigenvalue weighted by molar-refractivity contribution is 14.2. The molecule has 8 nitrogen and oxygen atoms in total. The molecule has 1 fully saturated rings. The second-order valence-corrected chi connectivity index (χ2v) is 12.3. The Kier molecular flexibility index (Phi) is 8.98. The summed E-state index contributed by atoms with van der Waals surface area (Å²) in [6, 6.07) is 6.28. The number of halogens is 1. The van der Waals surface area contributed by atoms with Crippen LogP contribution in [0.4, 0.5) is 0 Å². The Morgan fingerprint density at radius 1 is 1.32 bits per heavy atom. The van der Waals surface area contributed by atoms with E-state index in [-0.39, 0.29) is 30.7 Å². The van der Waals surface area contributed by atoms with Gasteiger partial charge in [0.05, 0.1) is 22.2 Å². The second kappa shape index (κ2) is 11.4. The molecular weight excluding hydrogens is 587 g/mol. The smallest absolute Gasteiger partial charge is 0.247 e. The Labute approximate surface area is 219 Å². The van der Waals surface area contributed by atoms with E-state index in [2.05, 4.69) is 36.8 Å². The van der Waals surface area contributed by atoms with Gasteiger partial charge in [-0.25, -0.2) is 4.98 Å². The monoisotopic (exact) mass is 616 g/mol. The van der Waals surface area contributed by atoms with Crippen LogP contribution in [0.25, 0.3) is 10.4 Å². The summed E-state index contributed by atoms with van der Waals surface area (Å²) in [4.78, 5) is 45.0. The van der Waals surface area contributed by atoms with Gasteiger partial charge in [0.25, 0.3) is 0 Å². The number of aliphatic hydroxyl groups is 1. The molecule has 184 valence electrons. The van der Waals surface area contributed by atoms with Gasteiger partial charge in [0.15, 0.2) is 0 Å². The van der Waals surface area contributed by atoms with E-state index in [1.54, 1.807) is 11.3 Å². The highest BCUT2D eigenvalue weighted by atomic mass is 127. The number of rotatable bonds is 8. The Morgan fingerprint density at radius 3 is 2.56 bits per heavy atom. The molecule has 11 heteroatoms. The molecule has 1 aromatic carbocycles. The summed E-state index contributed by atoms with van der Waals surface area (Å²) in [5, 5.41) is 15.9. The molecule has 34 heavy (non-hydrogen) atoms. The molecule has 0 spiro atoms. The Bertz CT molecular complexity index is 1040. The lowest BCUT2D eigenvalue weighted by Gasteiger charge is -2.35. The van der Waals surface area contributed by atoms with Crippen molar-refractivity contribution in [3.05, 3.63) is 41.0 Å². The minimum atomic E-state index is -0.824. The maximum atomic E-state index is 13.4. The Hall–Kier alpha value is -1.70. The van der Waals surface area contributed by atoms with Gasteiger partial charge in [-0.1, -0.05) is 33.2 Å². The van der Waals surface area contributed by atoms with Crippen molar-refractivity contribution in [3.8, 4) is 10.4 Å². The van der Waals surface area contributed by atoms with Crippen LogP contribution in [0, 0.1) is 6.92 Å². The van der Waals surface area contributed by atoms with Gasteiger partial charge in [0.1, 0.15) is 12.1 Å². The van der Waals surface area contributed by atoms with E-state index in [9.17, 15) is 19.5 Å². The number of benzene rings is 1.